The lowest BCUT2D eigenvalue weighted by atomic mass is 10.1. The van der Waals surface area contributed by atoms with Gasteiger partial charge in [-0.05, 0) is 39.1 Å². The highest BCUT2D eigenvalue weighted by Gasteiger charge is 2.28. The average molecular weight is 440 g/mol. The SMILES string of the molecule is CN=C(NCc1ccccc1CN(C)C)N1CCN(S(=O)(=O)CCOC(C)C)CC1. The molecule has 2 rings (SSSR count). The van der Waals surface area contributed by atoms with Crippen molar-refractivity contribution < 1.29 is 13.2 Å². The summed E-state index contributed by atoms with van der Waals surface area (Å²) in [7, 11) is 2.60. The number of piperazine rings is 1. The number of nitrogens with one attached hydrogen (secondary N) is 1. The lowest BCUT2D eigenvalue weighted by Gasteiger charge is -2.36. The Kier molecular flexibility index (Phi) is 9.54. The number of hydrogen-bond acceptors (Lipinski definition) is 5. The van der Waals surface area contributed by atoms with E-state index in [9.17, 15) is 8.42 Å². The van der Waals surface area contributed by atoms with Gasteiger partial charge in [0, 0.05) is 46.3 Å². The van der Waals surface area contributed by atoms with Crippen molar-refractivity contribution in [2.24, 2.45) is 4.99 Å². The Bertz CT molecular complexity index is 788. The minimum Gasteiger partial charge on any atom is -0.378 e. The fourth-order valence-electron chi connectivity index (χ4n) is 3.43. The molecule has 8 nitrogen and oxygen atoms in total. The smallest absolute Gasteiger partial charge is 0.216 e. The number of rotatable bonds is 9. The maximum atomic E-state index is 12.5. The van der Waals surface area contributed by atoms with Crippen molar-refractivity contribution in [3.05, 3.63) is 35.4 Å². The van der Waals surface area contributed by atoms with E-state index in [2.05, 4.69) is 52.4 Å². The van der Waals surface area contributed by atoms with Gasteiger partial charge >= 0.3 is 0 Å². The fraction of sp³-hybridized carbons (Fsp3) is 0.667. The number of guanidine groups is 1. The third-order valence-corrected chi connectivity index (χ3v) is 6.81. The largest absolute Gasteiger partial charge is 0.378 e. The molecule has 0 radical (unpaired) electrons. The molecule has 0 bridgehead atoms. The summed E-state index contributed by atoms with van der Waals surface area (Å²) in [5, 5.41) is 3.44. The first-order valence-corrected chi connectivity index (χ1v) is 12.1. The molecular weight excluding hydrogens is 402 g/mol. The van der Waals surface area contributed by atoms with E-state index in [0.717, 1.165) is 12.5 Å². The molecule has 1 aliphatic heterocycles. The van der Waals surface area contributed by atoms with Gasteiger partial charge in [-0.3, -0.25) is 4.99 Å². The molecule has 1 aromatic rings. The molecule has 1 fully saturated rings. The number of ether oxygens (including phenoxy) is 1. The first-order chi connectivity index (χ1) is 14.2. The van der Waals surface area contributed by atoms with E-state index >= 15 is 0 Å². The summed E-state index contributed by atoms with van der Waals surface area (Å²) in [6.07, 6.45) is 0.0364. The van der Waals surface area contributed by atoms with Crippen LogP contribution in [-0.4, -0.2) is 94.3 Å². The Morgan fingerprint density at radius 1 is 1.17 bits per heavy atom. The molecule has 30 heavy (non-hydrogen) atoms. The molecule has 0 spiro atoms. The zero-order valence-electron chi connectivity index (χ0n) is 19.0. The lowest BCUT2D eigenvalue weighted by Crippen LogP contribution is -2.54. The Morgan fingerprint density at radius 2 is 1.80 bits per heavy atom. The molecule has 1 aliphatic rings. The Morgan fingerprint density at radius 3 is 2.37 bits per heavy atom. The molecule has 0 saturated carbocycles. The zero-order valence-corrected chi connectivity index (χ0v) is 19.8. The highest BCUT2D eigenvalue weighted by Crippen LogP contribution is 2.12. The molecule has 0 unspecified atom stereocenters. The first kappa shape index (κ1) is 24.6. The minimum absolute atomic E-state index is 0.0286. The standard InChI is InChI=1S/C21H37N5O3S/c1-18(2)29-14-15-30(27,28)26-12-10-25(11-13-26)21(22-3)23-16-19-8-6-7-9-20(19)17-24(4)5/h6-9,18H,10-17H2,1-5H3,(H,22,23). The van der Waals surface area contributed by atoms with Crippen molar-refractivity contribution in [3.63, 3.8) is 0 Å². The van der Waals surface area contributed by atoms with Crippen LogP contribution in [0.3, 0.4) is 0 Å². The molecule has 9 heteroatoms. The first-order valence-electron chi connectivity index (χ1n) is 10.5. The maximum absolute atomic E-state index is 12.5. The summed E-state index contributed by atoms with van der Waals surface area (Å²) in [5.74, 6) is 0.829. The normalized spacial score (nSPS) is 16.5. The van der Waals surface area contributed by atoms with Gasteiger partial charge in [0.2, 0.25) is 10.0 Å². The van der Waals surface area contributed by atoms with Crippen molar-refractivity contribution in [1.29, 1.82) is 0 Å². The van der Waals surface area contributed by atoms with E-state index in [-0.39, 0.29) is 18.5 Å². The second-order valence-electron chi connectivity index (χ2n) is 8.03. The van der Waals surface area contributed by atoms with Crippen LogP contribution in [0.4, 0.5) is 0 Å². The third-order valence-electron chi connectivity index (χ3n) is 4.98. The zero-order chi connectivity index (χ0) is 22.1. The van der Waals surface area contributed by atoms with E-state index < -0.39 is 10.0 Å². The van der Waals surface area contributed by atoms with E-state index in [1.54, 1.807) is 11.4 Å². The number of sulfonamides is 1. The van der Waals surface area contributed by atoms with Gasteiger partial charge in [0.25, 0.3) is 0 Å². The fourth-order valence-corrected chi connectivity index (χ4v) is 4.71. The van der Waals surface area contributed by atoms with E-state index in [1.165, 1.54) is 11.1 Å². The maximum Gasteiger partial charge on any atom is 0.216 e. The number of nitrogens with zero attached hydrogens (tertiary/aromatic N) is 4. The van der Waals surface area contributed by atoms with Crippen molar-refractivity contribution in [2.45, 2.75) is 33.0 Å². The second-order valence-corrected chi connectivity index (χ2v) is 10.1. The second kappa shape index (κ2) is 11.6. The lowest BCUT2D eigenvalue weighted by molar-refractivity contribution is 0.0904. The molecule has 1 saturated heterocycles. The van der Waals surface area contributed by atoms with Crippen molar-refractivity contribution in [1.82, 2.24) is 19.4 Å². The van der Waals surface area contributed by atoms with Crippen LogP contribution in [-0.2, 0) is 27.8 Å². The van der Waals surface area contributed by atoms with Crippen LogP contribution in [0.5, 0.6) is 0 Å². The van der Waals surface area contributed by atoms with Gasteiger partial charge in [-0.2, -0.15) is 4.31 Å². The topological polar surface area (TPSA) is 77.5 Å². The van der Waals surface area contributed by atoms with Crippen LogP contribution >= 0.6 is 0 Å². The van der Waals surface area contributed by atoms with E-state index in [4.69, 9.17) is 4.74 Å². The molecule has 0 aliphatic carbocycles. The molecule has 0 amide bonds. The predicted molar refractivity (Wildman–Crippen MR) is 122 cm³/mol. The summed E-state index contributed by atoms with van der Waals surface area (Å²) in [5.41, 5.74) is 2.52. The van der Waals surface area contributed by atoms with E-state index in [1.807, 2.05) is 19.9 Å². The minimum atomic E-state index is -3.29. The Balaban J connectivity index is 1.89. The molecule has 170 valence electrons. The van der Waals surface area contributed by atoms with Gasteiger partial charge in [-0.15, -0.1) is 0 Å². The van der Waals surface area contributed by atoms with Crippen LogP contribution in [0, 0.1) is 0 Å². The highest BCUT2D eigenvalue weighted by molar-refractivity contribution is 7.89. The van der Waals surface area contributed by atoms with Crippen LogP contribution in [0.25, 0.3) is 0 Å². The van der Waals surface area contributed by atoms with Crippen LogP contribution in [0.15, 0.2) is 29.3 Å². The summed E-state index contributed by atoms with van der Waals surface area (Å²) in [6, 6.07) is 8.38. The summed E-state index contributed by atoms with van der Waals surface area (Å²) < 4.78 is 32.0. The third kappa shape index (κ3) is 7.54. The van der Waals surface area contributed by atoms with Crippen LogP contribution < -0.4 is 5.32 Å². The van der Waals surface area contributed by atoms with Crippen molar-refractivity contribution in [2.75, 3.05) is 59.7 Å². The predicted octanol–water partition coefficient (Wildman–Crippen LogP) is 1.20. The summed E-state index contributed by atoms with van der Waals surface area (Å²) >= 11 is 0. The Labute approximate surface area is 181 Å². The molecule has 1 heterocycles. The van der Waals surface area contributed by atoms with Gasteiger partial charge in [-0.1, -0.05) is 24.3 Å². The monoisotopic (exact) mass is 439 g/mol. The van der Waals surface area contributed by atoms with Crippen LogP contribution in [0.1, 0.15) is 25.0 Å². The number of hydrogen-bond donors (Lipinski definition) is 1. The summed E-state index contributed by atoms with van der Waals surface area (Å²) in [6.45, 7) is 7.76. The molecule has 0 aromatic heterocycles. The van der Waals surface area contributed by atoms with Crippen molar-refractivity contribution >= 4 is 16.0 Å². The van der Waals surface area contributed by atoms with Crippen LogP contribution in [0.2, 0.25) is 0 Å². The van der Waals surface area contributed by atoms with Gasteiger partial charge in [0.05, 0.1) is 18.5 Å². The van der Waals surface area contributed by atoms with Gasteiger partial charge in [0.15, 0.2) is 5.96 Å². The van der Waals surface area contributed by atoms with Gasteiger partial charge in [0.1, 0.15) is 0 Å². The molecule has 1 N–H and O–H groups in total. The highest BCUT2D eigenvalue weighted by atomic mass is 32.2. The van der Waals surface area contributed by atoms with E-state index in [0.29, 0.717) is 32.7 Å². The number of benzene rings is 1. The number of aliphatic imine (C=N–C) groups is 1. The molecule has 1 aromatic carbocycles. The quantitative estimate of drug-likeness (QED) is 0.460. The Hall–Kier alpha value is -1.68. The van der Waals surface area contributed by atoms with Gasteiger partial charge in [-0.25, -0.2) is 8.42 Å². The van der Waals surface area contributed by atoms with Gasteiger partial charge < -0.3 is 19.9 Å². The average Bonchev–Trinajstić information content (AvgIpc) is 2.69. The van der Waals surface area contributed by atoms with Crippen molar-refractivity contribution in [3.8, 4) is 0 Å². The summed E-state index contributed by atoms with van der Waals surface area (Å²) in [4.78, 5) is 8.68. The molecular formula is C21H37N5O3S. The molecule has 0 atom stereocenters.